The average molecular weight is 484 g/mol. The maximum atomic E-state index is 12.6. The lowest BCUT2D eigenvalue weighted by Crippen LogP contribution is -2.23. The highest BCUT2D eigenvalue weighted by Gasteiger charge is 2.26. The van der Waals surface area contributed by atoms with Crippen molar-refractivity contribution in [3.8, 4) is 11.5 Å². The summed E-state index contributed by atoms with van der Waals surface area (Å²) in [4.78, 5) is 36.9. The second-order valence-electron chi connectivity index (χ2n) is 6.63. The van der Waals surface area contributed by atoms with Gasteiger partial charge in [-0.2, -0.15) is 0 Å². The summed E-state index contributed by atoms with van der Waals surface area (Å²) >= 11 is 7.15. The van der Waals surface area contributed by atoms with Gasteiger partial charge in [0.25, 0.3) is 5.91 Å². The van der Waals surface area contributed by atoms with Gasteiger partial charge in [0.05, 0.1) is 34.3 Å². The SMILES string of the molecule is COCCOC(=O)c1c(NC(=O)CNc2cc3c(cc2Cl)OCCO3)sc(C(N)=O)c1C. The molecule has 0 radical (unpaired) electrons. The standard InChI is InChI=1S/C20H22ClN3O7S/c1-10-16(20(27)31-4-3-28-2)19(32-17(10)18(22)26)24-15(25)9-23-12-8-14-13(7-11(12)21)29-5-6-30-14/h7-8,23H,3-6,9H2,1-2H3,(H2,22,26)(H,24,25). The van der Waals surface area contributed by atoms with Crippen molar-refractivity contribution in [3.05, 3.63) is 33.2 Å². The second kappa shape index (κ2) is 10.5. The fourth-order valence-corrected chi connectivity index (χ4v) is 4.20. The molecule has 0 saturated carbocycles. The normalized spacial score (nSPS) is 12.2. The highest BCUT2D eigenvalue weighted by atomic mass is 35.5. The summed E-state index contributed by atoms with van der Waals surface area (Å²) < 4.78 is 21.0. The predicted octanol–water partition coefficient (Wildman–Crippen LogP) is 2.43. The molecule has 0 spiro atoms. The number of thiophene rings is 1. The van der Waals surface area contributed by atoms with Gasteiger partial charge < -0.3 is 35.3 Å². The van der Waals surface area contributed by atoms with Crippen molar-refractivity contribution >= 4 is 51.4 Å². The van der Waals surface area contributed by atoms with Crippen LogP contribution in [0.1, 0.15) is 25.6 Å². The second-order valence-corrected chi connectivity index (χ2v) is 8.06. The highest BCUT2D eigenvalue weighted by Crippen LogP contribution is 2.38. The van der Waals surface area contributed by atoms with Gasteiger partial charge in [-0.1, -0.05) is 11.6 Å². The molecule has 2 aromatic rings. The number of fused-ring (bicyclic) bond motifs is 1. The number of hydrogen-bond acceptors (Lipinski definition) is 9. The number of rotatable bonds is 9. The molecule has 2 amide bonds. The number of carbonyl (C=O) groups is 3. The quantitative estimate of drug-likeness (QED) is 0.365. The largest absolute Gasteiger partial charge is 0.486 e. The number of methoxy groups -OCH3 is 1. The third-order valence-corrected chi connectivity index (χ3v) is 5.95. The van der Waals surface area contributed by atoms with E-state index in [1.165, 1.54) is 7.11 Å². The Kier molecular flexibility index (Phi) is 7.78. The predicted molar refractivity (Wildman–Crippen MR) is 119 cm³/mol. The first-order chi connectivity index (χ1) is 15.3. The number of carbonyl (C=O) groups excluding carboxylic acids is 3. The molecule has 0 atom stereocenters. The van der Waals surface area contributed by atoms with Gasteiger partial charge in [0.1, 0.15) is 24.8 Å². The van der Waals surface area contributed by atoms with Crippen molar-refractivity contribution in [1.29, 1.82) is 0 Å². The lowest BCUT2D eigenvalue weighted by Gasteiger charge is -2.20. The first-order valence-electron chi connectivity index (χ1n) is 9.54. The third kappa shape index (κ3) is 5.42. The van der Waals surface area contributed by atoms with Crippen molar-refractivity contribution in [2.75, 3.05) is 50.7 Å². The first-order valence-corrected chi connectivity index (χ1v) is 10.7. The number of benzene rings is 1. The Balaban J connectivity index is 1.72. The molecule has 172 valence electrons. The molecule has 4 N–H and O–H groups in total. The molecule has 0 saturated heterocycles. The summed E-state index contributed by atoms with van der Waals surface area (Å²) in [5, 5.41) is 6.07. The minimum absolute atomic E-state index is 0.0219. The molecule has 3 rings (SSSR count). The van der Waals surface area contributed by atoms with Crippen LogP contribution in [0.5, 0.6) is 11.5 Å². The van der Waals surface area contributed by atoms with E-state index in [4.69, 9.17) is 36.3 Å². The Morgan fingerprint density at radius 1 is 1.19 bits per heavy atom. The lowest BCUT2D eigenvalue weighted by atomic mass is 10.1. The van der Waals surface area contributed by atoms with Crippen LogP contribution >= 0.6 is 22.9 Å². The fourth-order valence-electron chi connectivity index (χ4n) is 2.92. The van der Waals surface area contributed by atoms with Crippen molar-refractivity contribution in [3.63, 3.8) is 0 Å². The smallest absolute Gasteiger partial charge is 0.341 e. The van der Waals surface area contributed by atoms with Gasteiger partial charge in [-0.3, -0.25) is 9.59 Å². The van der Waals surface area contributed by atoms with E-state index >= 15 is 0 Å². The van der Waals surface area contributed by atoms with E-state index in [0.29, 0.717) is 41.0 Å². The van der Waals surface area contributed by atoms with Gasteiger partial charge in [0.2, 0.25) is 5.91 Å². The zero-order valence-corrected chi connectivity index (χ0v) is 19.0. The van der Waals surface area contributed by atoms with Crippen molar-refractivity contribution in [2.24, 2.45) is 5.73 Å². The molecule has 1 aliphatic heterocycles. The van der Waals surface area contributed by atoms with E-state index in [2.05, 4.69) is 10.6 Å². The minimum Gasteiger partial charge on any atom is -0.486 e. The van der Waals surface area contributed by atoms with Crippen LogP contribution in [-0.2, 0) is 14.3 Å². The number of halogens is 1. The third-order valence-electron chi connectivity index (χ3n) is 4.42. The van der Waals surface area contributed by atoms with Gasteiger partial charge >= 0.3 is 5.97 Å². The average Bonchev–Trinajstić information content (AvgIpc) is 3.08. The van der Waals surface area contributed by atoms with E-state index in [1.54, 1.807) is 19.1 Å². The number of anilines is 2. The maximum Gasteiger partial charge on any atom is 0.341 e. The number of esters is 1. The van der Waals surface area contributed by atoms with Gasteiger partial charge in [-0.25, -0.2) is 4.79 Å². The number of ether oxygens (including phenoxy) is 4. The van der Waals surface area contributed by atoms with Crippen LogP contribution in [0.2, 0.25) is 5.02 Å². The van der Waals surface area contributed by atoms with Crippen LogP contribution in [0.3, 0.4) is 0 Å². The Bertz CT molecular complexity index is 1040. The van der Waals surface area contributed by atoms with Crippen LogP contribution < -0.4 is 25.8 Å². The number of hydrogen-bond donors (Lipinski definition) is 3. The molecule has 10 nitrogen and oxygen atoms in total. The van der Waals surface area contributed by atoms with Gasteiger partial charge in [0, 0.05) is 19.2 Å². The summed E-state index contributed by atoms with van der Waals surface area (Å²) in [5.74, 6) is -0.828. The molecule has 1 aromatic carbocycles. The molecule has 1 aliphatic rings. The molecule has 12 heteroatoms. The fraction of sp³-hybridized carbons (Fsp3) is 0.350. The number of primary amides is 1. The molecule has 32 heavy (non-hydrogen) atoms. The molecular weight excluding hydrogens is 462 g/mol. The Hall–Kier alpha value is -3.02. The van der Waals surface area contributed by atoms with Crippen molar-refractivity contribution in [2.45, 2.75) is 6.92 Å². The topological polar surface area (TPSA) is 138 Å². The number of nitrogens with one attached hydrogen (secondary N) is 2. The highest BCUT2D eigenvalue weighted by molar-refractivity contribution is 7.18. The first kappa shape index (κ1) is 23.6. The number of amides is 2. The lowest BCUT2D eigenvalue weighted by molar-refractivity contribution is -0.114. The van der Waals surface area contributed by atoms with Crippen LogP contribution in [0.25, 0.3) is 0 Å². The number of nitrogens with two attached hydrogens (primary N) is 1. The minimum atomic E-state index is -0.708. The van der Waals surface area contributed by atoms with E-state index in [1.807, 2.05) is 0 Å². The Labute approximate surface area is 192 Å². The van der Waals surface area contributed by atoms with Crippen LogP contribution in [-0.4, -0.2) is 57.9 Å². The Morgan fingerprint density at radius 3 is 2.53 bits per heavy atom. The summed E-state index contributed by atoms with van der Waals surface area (Å²) in [6, 6.07) is 3.25. The Morgan fingerprint density at radius 2 is 1.88 bits per heavy atom. The van der Waals surface area contributed by atoms with Crippen LogP contribution in [0.4, 0.5) is 10.7 Å². The molecule has 1 aromatic heterocycles. The maximum absolute atomic E-state index is 12.6. The van der Waals surface area contributed by atoms with E-state index in [9.17, 15) is 14.4 Å². The van der Waals surface area contributed by atoms with Crippen molar-refractivity contribution in [1.82, 2.24) is 0 Å². The van der Waals surface area contributed by atoms with Gasteiger partial charge in [-0.05, 0) is 12.5 Å². The molecule has 0 unspecified atom stereocenters. The van der Waals surface area contributed by atoms with E-state index in [0.717, 1.165) is 11.3 Å². The van der Waals surface area contributed by atoms with Gasteiger partial charge in [-0.15, -0.1) is 11.3 Å². The summed E-state index contributed by atoms with van der Waals surface area (Å²) in [6.07, 6.45) is 0. The molecule has 0 bridgehead atoms. The van der Waals surface area contributed by atoms with Gasteiger partial charge in [0.15, 0.2) is 11.5 Å². The van der Waals surface area contributed by atoms with E-state index in [-0.39, 0.29) is 35.2 Å². The zero-order chi connectivity index (χ0) is 23.3. The van der Waals surface area contributed by atoms with E-state index < -0.39 is 17.8 Å². The molecule has 2 heterocycles. The van der Waals surface area contributed by atoms with Crippen molar-refractivity contribution < 1.29 is 33.3 Å². The molecular formula is C20H22ClN3O7S. The summed E-state index contributed by atoms with van der Waals surface area (Å²) in [6.45, 7) is 2.47. The summed E-state index contributed by atoms with van der Waals surface area (Å²) in [7, 11) is 1.47. The molecule has 0 aliphatic carbocycles. The zero-order valence-electron chi connectivity index (χ0n) is 17.4. The van der Waals surface area contributed by atoms with Crippen LogP contribution in [0, 0.1) is 6.92 Å². The summed E-state index contributed by atoms with van der Waals surface area (Å²) in [5.41, 5.74) is 6.28. The van der Waals surface area contributed by atoms with Crippen LogP contribution in [0.15, 0.2) is 12.1 Å². The monoisotopic (exact) mass is 483 g/mol. The molecule has 0 fully saturated rings.